The lowest BCUT2D eigenvalue weighted by molar-refractivity contribution is 0.0509. The van der Waals surface area contributed by atoms with E-state index >= 15 is 0 Å². The summed E-state index contributed by atoms with van der Waals surface area (Å²) in [6.07, 6.45) is 3.27. The van der Waals surface area contributed by atoms with Crippen LogP contribution in [0.1, 0.15) is 34.7 Å². The molecule has 0 aliphatic carbocycles. The van der Waals surface area contributed by atoms with Gasteiger partial charge in [-0.15, -0.1) is 5.10 Å². The molecular formula is C15H20N6O2. The van der Waals surface area contributed by atoms with Crippen LogP contribution >= 0.6 is 0 Å². The lowest BCUT2D eigenvalue weighted by Gasteiger charge is -2.31. The molecule has 1 amide bonds. The predicted octanol–water partition coefficient (Wildman–Crippen LogP) is 0.906. The second-order valence-corrected chi connectivity index (χ2v) is 5.84. The minimum atomic E-state index is -0.118. The monoisotopic (exact) mass is 316 g/mol. The summed E-state index contributed by atoms with van der Waals surface area (Å²) < 4.78 is 7.40. The third-order valence-electron chi connectivity index (χ3n) is 3.72. The molecule has 0 N–H and O–H groups in total. The van der Waals surface area contributed by atoms with Gasteiger partial charge < -0.3 is 9.64 Å². The largest absolute Gasteiger partial charge is 0.458 e. The van der Waals surface area contributed by atoms with E-state index in [1.165, 1.54) is 4.68 Å². The fraction of sp³-hybridized carbons (Fsp3) is 0.533. The number of nitrogens with zero attached hydrogens (tertiary/aromatic N) is 6. The van der Waals surface area contributed by atoms with E-state index in [1.54, 1.807) is 18.1 Å². The molecule has 1 fully saturated rings. The Kier molecular flexibility index (Phi) is 4.22. The second kappa shape index (κ2) is 6.31. The van der Waals surface area contributed by atoms with E-state index in [1.807, 2.05) is 19.9 Å². The molecule has 3 heterocycles. The van der Waals surface area contributed by atoms with Gasteiger partial charge in [-0.25, -0.2) is 9.97 Å². The van der Waals surface area contributed by atoms with Gasteiger partial charge in [0, 0.05) is 25.0 Å². The van der Waals surface area contributed by atoms with Gasteiger partial charge in [0.1, 0.15) is 6.10 Å². The minimum absolute atomic E-state index is 0.106. The molecule has 23 heavy (non-hydrogen) atoms. The molecule has 0 spiro atoms. The van der Waals surface area contributed by atoms with Crippen molar-refractivity contribution in [2.24, 2.45) is 7.05 Å². The van der Waals surface area contributed by atoms with Crippen LogP contribution < -0.4 is 4.74 Å². The van der Waals surface area contributed by atoms with Crippen molar-refractivity contribution < 1.29 is 9.53 Å². The average Bonchev–Trinajstić information content (AvgIpc) is 2.92. The molecule has 2 aromatic rings. The molecule has 3 rings (SSSR count). The van der Waals surface area contributed by atoms with E-state index in [4.69, 9.17) is 4.74 Å². The van der Waals surface area contributed by atoms with Crippen LogP contribution in [0.3, 0.4) is 0 Å². The van der Waals surface area contributed by atoms with Crippen LogP contribution in [0.25, 0.3) is 0 Å². The summed E-state index contributed by atoms with van der Waals surface area (Å²) in [7, 11) is 1.74. The third kappa shape index (κ3) is 3.64. The molecule has 8 nitrogen and oxygen atoms in total. The number of ether oxygens (including phenoxy) is 1. The highest BCUT2D eigenvalue weighted by molar-refractivity contribution is 5.92. The molecular weight excluding hydrogens is 296 g/mol. The summed E-state index contributed by atoms with van der Waals surface area (Å²) in [6.45, 7) is 5.02. The topological polar surface area (TPSA) is 86.0 Å². The van der Waals surface area contributed by atoms with Gasteiger partial charge in [-0.3, -0.25) is 9.48 Å². The number of aromatic nitrogens is 5. The Balaban J connectivity index is 1.67. The Morgan fingerprint density at radius 3 is 2.70 bits per heavy atom. The molecule has 0 saturated carbocycles. The van der Waals surface area contributed by atoms with E-state index in [-0.39, 0.29) is 12.0 Å². The van der Waals surface area contributed by atoms with Crippen molar-refractivity contribution in [1.29, 1.82) is 0 Å². The SMILES string of the molecule is Cc1cc(C)nc(O[C@@H]2CCCN(C(=O)c3cn(C)nn3)C2)n1. The molecule has 0 aromatic carbocycles. The van der Waals surface area contributed by atoms with Crippen LogP contribution in [-0.4, -0.2) is 55.0 Å². The van der Waals surface area contributed by atoms with Gasteiger partial charge in [0.15, 0.2) is 5.69 Å². The molecule has 1 aliphatic rings. The number of amides is 1. The summed E-state index contributed by atoms with van der Waals surface area (Å²) in [5, 5.41) is 7.69. The van der Waals surface area contributed by atoms with Gasteiger partial charge in [0.2, 0.25) is 0 Å². The van der Waals surface area contributed by atoms with E-state index in [2.05, 4.69) is 20.3 Å². The molecule has 0 bridgehead atoms. The summed E-state index contributed by atoms with van der Waals surface area (Å²) in [6, 6.07) is 2.28. The molecule has 0 radical (unpaired) electrons. The van der Waals surface area contributed by atoms with E-state index in [0.717, 1.165) is 24.2 Å². The first-order chi connectivity index (χ1) is 11.0. The molecule has 1 atom stereocenters. The highest BCUT2D eigenvalue weighted by atomic mass is 16.5. The smallest absolute Gasteiger partial charge is 0.317 e. The second-order valence-electron chi connectivity index (χ2n) is 5.84. The Morgan fingerprint density at radius 2 is 2.04 bits per heavy atom. The summed E-state index contributed by atoms with van der Waals surface area (Å²) >= 11 is 0. The van der Waals surface area contributed by atoms with Gasteiger partial charge in [-0.1, -0.05) is 5.21 Å². The number of piperidine rings is 1. The number of carbonyl (C=O) groups excluding carboxylic acids is 1. The standard InChI is InChI=1S/C15H20N6O2/c1-10-7-11(2)17-15(16-10)23-12-5-4-6-21(8-12)14(22)13-9-20(3)19-18-13/h7,9,12H,4-6,8H2,1-3H3/t12-/m1/s1. The van der Waals surface area contributed by atoms with Gasteiger partial charge in [0.05, 0.1) is 12.7 Å². The number of hydrogen-bond donors (Lipinski definition) is 0. The zero-order valence-corrected chi connectivity index (χ0v) is 13.6. The first-order valence-electron chi connectivity index (χ1n) is 7.66. The Hall–Kier alpha value is -2.51. The van der Waals surface area contributed by atoms with Crippen LogP contribution in [0.2, 0.25) is 0 Å². The normalized spacial score (nSPS) is 18.0. The quantitative estimate of drug-likeness (QED) is 0.836. The number of aryl methyl sites for hydroxylation is 3. The number of hydrogen-bond acceptors (Lipinski definition) is 6. The lowest BCUT2D eigenvalue weighted by Crippen LogP contribution is -2.44. The van der Waals surface area contributed by atoms with Crippen LogP contribution in [0, 0.1) is 13.8 Å². The highest BCUT2D eigenvalue weighted by Crippen LogP contribution is 2.17. The molecule has 2 aromatic heterocycles. The first-order valence-corrected chi connectivity index (χ1v) is 7.66. The molecule has 8 heteroatoms. The third-order valence-corrected chi connectivity index (χ3v) is 3.72. The van der Waals surface area contributed by atoms with Crippen molar-refractivity contribution in [3.63, 3.8) is 0 Å². The predicted molar refractivity (Wildman–Crippen MR) is 82.1 cm³/mol. The van der Waals surface area contributed by atoms with Crippen molar-refractivity contribution in [1.82, 2.24) is 29.9 Å². The van der Waals surface area contributed by atoms with Gasteiger partial charge >= 0.3 is 6.01 Å². The van der Waals surface area contributed by atoms with Gasteiger partial charge in [0.25, 0.3) is 5.91 Å². The van der Waals surface area contributed by atoms with Crippen LogP contribution in [0.4, 0.5) is 0 Å². The van der Waals surface area contributed by atoms with E-state index in [0.29, 0.717) is 24.8 Å². The van der Waals surface area contributed by atoms with E-state index in [9.17, 15) is 4.79 Å². The zero-order valence-electron chi connectivity index (χ0n) is 13.6. The molecule has 0 unspecified atom stereocenters. The fourth-order valence-corrected chi connectivity index (χ4v) is 2.72. The highest BCUT2D eigenvalue weighted by Gasteiger charge is 2.27. The van der Waals surface area contributed by atoms with Crippen molar-refractivity contribution in [3.8, 4) is 6.01 Å². The number of carbonyl (C=O) groups is 1. The molecule has 122 valence electrons. The van der Waals surface area contributed by atoms with Gasteiger partial charge in [-0.2, -0.15) is 0 Å². The minimum Gasteiger partial charge on any atom is -0.458 e. The Bertz CT molecular complexity index is 693. The molecule has 1 saturated heterocycles. The van der Waals surface area contributed by atoms with Crippen molar-refractivity contribution in [2.45, 2.75) is 32.8 Å². The summed E-state index contributed by atoms with van der Waals surface area (Å²) in [5.41, 5.74) is 2.10. The van der Waals surface area contributed by atoms with Gasteiger partial charge in [-0.05, 0) is 32.8 Å². The maximum Gasteiger partial charge on any atom is 0.317 e. The summed E-state index contributed by atoms with van der Waals surface area (Å²) in [4.78, 5) is 22.8. The Labute approximate surface area is 134 Å². The zero-order chi connectivity index (χ0) is 16.4. The average molecular weight is 316 g/mol. The molecule has 1 aliphatic heterocycles. The van der Waals surface area contributed by atoms with Crippen molar-refractivity contribution in [2.75, 3.05) is 13.1 Å². The Morgan fingerprint density at radius 1 is 1.30 bits per heavy atom. The maximum absolute atomic E-state index is 12.4. The van der Waals surface area contributed by atoms with Crippen molar-refractivity contribution >= 4 is 5.91 Å². The number of rotatable bonds is 3. The van der Waals surface area contributed by atoms with E-state index < -0.39 is 0 Å². The van der Waals surface area contributed by atoms with Crippen molar-refractivity contribution in [3.05, 3.63) is 29.3 Å². The maximum atomic E-state index is 12.4. The summed E-state index contributed by atoms with van der Waals surface area (Å²) in [5.74, 6) is -0.118. The van der Waals surface area contributed by atoms with Crippen LogP contribution in [0.15, 0.2) is 12.3 Å². The lowest BCUT2D eigenvalue weighted by atomic mass is 10.1. The fourth-order valence-electron chi connectivity index (χ4n) is 2.72. The van der Waals surface area contributed by atoms with Crippen LogP contribution in [0.5, 0.6) is 6.01 Å². The first kappa shape index (κ1) is 15.4. The number of likely N-dealkylation sites (tertiary alicyclic amines) is 1. The van der Waals surface area contributed by atoms with Crippen LogP contribution in [-0.2, 0) is 7.05 Å².